The number of rotatable bonds is 13. The average molecular weight is 792 g/mol. The molecule has 300 valence electrons. The highest BCUT2D eigenvalue weighted by Crippen LogP contribution is 2.44. The summed E-state index contributed by atoms with van der Waals surface area (Å²) in [5, 5.41) is 1.27. The van der Waals surface area contributed by atoms with Crippen molar-refractivity contribution < 1.29 is 31.8 Å². The van der Waals surface area contributed by atoms with Crippen LogP contribution in [0.2, 0.25) is 16.6 Å². The Hall–Kier alpha value is -3.99. The number of hydrogen-bond donors (Lipinski definition) is 0. The van der Waals surface area contributed by atoms with Crippen molar-refractivity contribution in [1.82, 2.24) is 19.9 Å². The van der Waals surface area contributed by atoms with Gasteiger partial charge in [-0.05, 0) is 66.5 Å². The number of ether oxygens (including phenoxy) is 3. The first-order chi connectivity index (χ1) is 26.7. The lowest BCUT2D eigenvalue weighted by Crippen LogP contribution is -2.43. The van der Waals surface area contributed by atoms with E-state index in [4.69, 9.17) is 19.2 Å². The maximum Gasteiger partial charge on any atom is 0.319 e. The van der Waals surface area contributed by atoms with E-state index < -0.39 is 43.6 Å². The van der Waals surface area contributed by atoms with Crippen molar-refractivity contribution in [1.29, 1.82) is 0 Å². The number of aromatic nitrogens is 3. The van der Waals surface area contributed by atoms with Gasteiger partial charge in [0, 0.05) is 50.2 Å². The largest absolute Gasteiger partial charge is 0.468 e. The van der Waals surface area contributed by atoms with Crippen molar-refractivity contribution in [2.45, 2.75) is 115 Å². The second-order valence-corrected chi connectivity index (χ2v) is 22.3. The summed E-state index contributed by atoms with van der Waals surface area (Å²) in [6.45, 7) is 16.7. The highest BCUT2D eigenvalue weighted by atomic mass is 28.3. The summed E-state index contributed by atoms with van der Waals surface area (Å²) in [6.07, 6.45) is 1.85. The van der Waals surface area contributed by atoms with E-state index in [0.29, 0.717) is 64.9 Å². The Labute approximate surface area is 328 Å². The molecule has 1 saturated carbocycles. The number of anilines is 1. The summed E-state index contributed by atoms with van der Waals surface area (Å²) >= 11 is 0. The predicted molar refractivity (Wildman–Crippen MR) is 215 cm³/mol. The molecule has 2 aliphatic heterocycles. The van der Waals surface area contributed by atoms with E-state index in [9.17, 15) is 8.78 Å². The lowest BCUT2D eigenvalue weighted by Gasteiger charge is -2.38. The monoisotopic (exact) mass is 791 g/mol. The number of nitrogens with zero attached hydrogens (tertiary/aromatic N) is 5. The molecule has 0 N–H and O–H groups in total. The van der Waals surface area contributed by atoms with Gasteiger partial charge in [-0.2, -0.15) is 9.97 Å². The molecule has 1 aliphatic carbocycles. The van der Waals surface area contributed by atoms with Gasteiger partial charge in [-0.25, -0.2) is 17.6 Å². The molecule has 13 heteroatoms. The van der Waals surface area contributed by atoms with Crippen molar-refractivity contribution in [2.24, 2.45) is 0 Å². The third-order valence-corrected chi connectivity index (χ3v) is 18.8. The second kappa shape index (κ2) is 15.7. The Morgan fingerprint density at radius 2 is 1.77 bits per heavy atom. The van der Waals surface area contributed by atoms with E-state index in [1.807, 2.05) is 6.92 Å². The van der Waals surface area contributed by atoms with Gasteiger partial charge in [0.1, 0.15) is 55.6 Å². The molecule has 8 nitrogen and oxygen atoms in total. The maximum absolute atomic E-state index is 17.5. The third-order valence-electron chi connectivity index (χ3n) is 12.5. The minimum Gasteiger partial charge on any atom is -0.468 e. The third kappa shape index (κ3) is 7.11. The molecule has 0 amide bonds. The number of fused-ring (bicyclic) bond motifs is 3. The molecule has 0 radical (unpaired) electrons. The molecule has 2 aromatic carbocycles. The molecular weight excluding hydrogens is 739 g/mol. The molecule has 4 aromatic rings. The van der Waals surface area contributed by atoms with Gasteiger partial charge in [0.2, 0.25) is 0 Å². The van der Waals surface area contributed by atoms with Gasteiger partial charge in [-0.15, -0.1) is 5.54 Å². The molecule has 2 aromatic heterocycles. The molecule has 3 aliphatic rings. The number of pyridine rings is 1. The maximum atomic E-state index is 17.5. The minimum absolute atomic E-state index is 0.0688. The van der Waals surface area contributed by atoms with E-state index >= 15 is 8.78 Å². The van der Waals surface area contributed by atoms with Crippen LogP contribution >= 0.6 is 0 Å². The van der Waals surface area contributed by atoms with Crippen LogP contribution in [0.25, 0.3) is 32.9 Å². The first kappa shape index (κ1) is 40.2. The normalized spacial score (nSPS) is 22.3. The Morgan fingerprint density at radius 1 is 1.04 bits per heavy atom. The first-order valence-corrected chi connectivity index (χ1v) is 22.2. The zero-order valence-electron chi connectivity index (χ0n) is 33.7. The minimum atomic E-state index is -2.30. The zero-order valence-corrected chi connectivity index (χ0v) is 34.7. The summed E-state index contributed by atoms with van der Waals surface area (Å²) < 4.78 is 80.2. The van der Waals surface area contributed by atoms with Gasteiger partial charge in [0.05, 0.1) is 22.5 Å². The van der Waals surface area contributed by atoms with E-state index in [1.54, 1.807) is 23.1 Å². The van der Waals surface area contributed by atoms with Crippen molar-refractivity contribution in [3.8, 4) is 34.5 Å². The fourth-order valence-corrected chi connectivity index (χ4v) is 14.9. The van der Waals surface area contributed by atoms with Crippen LogP contribution in [-0.4, -0.2) is 92.0 Å². The molecule has 2 saturated heterocycles. The molecular formula is C43H53F4N5O3Si. The summed E-state index contributed by atoms with van der Waals surface area (Å²) in [4.78, 5) is 17.9. The van der Waals surface area contributed by atoms with Gasteiger partial charge >= 0.3 is 6.01 Å². The SMILES string of the molecule is CCN(c1nc(OC[C@@]23CCCN2C[C@H](F)C3)nc2c(F)c(-c3cc(OCOC)cc4ccc(F)c(C#C[Si](C(C)C)(C(C)C)C(C)C)c34)ncc12)[C@H]1C[C@@H]1F. The highest BCUT2D eigenvalue weighted by Gasteiger charge is 2.50. The van der Waals surface area contributed by atoms with Crippen molar-refractivity contribution in [2.75, 3.05) is 45.0 Å². The van der Waals surface area contributed by atoms with Gasteiger partial charge in [-0.1, -0.05) is 53.5 Å². The zero-order chi connectivity index (χ0) is 40.1. The van der Waals surface area contributed by atoms with E-state index in [1.165, 1.54) is 19.4 Å². The number of halogens is 4. The van der Waals surface area contributed by atoms with Gasteiger partial charge in [-0.3, -0.25) is 9.88 Å². The van der Waals surface area contributed by atoms with Crippen LogP contribution in [0.3, 0.4) is 0 Å². The molecule has 0 spiro atoms. The van der Waals surface area contributed by atoms with Crippen LogP contribution < -0.4 is 14.4 Å². The van der Waals surface area contributed by atoms with Crippen LogP contribution in [0, 0.1) is 23.1 Å². The van der Waals surface area contributed by atoms with Crippen LogP contribution in [0.4, 0.5) is 23.4 Å². The van der Waals surface area contributed by atoms with E-state index in [-0.39, 0.29) is 47.1 Å². The molecule has 56 heavy (non-hydrogen) atoms. The molecule has 4 heterocycles. The standard InChI is InChI=1S/C43H53F4N5O3Si/c1-9-52(36-19-35(36)46)41-33-21-48-39(38(47)40(33)49-42(50-41)54-23-43-14-10-15-51(43)22-29(44)20-43)32-18-30(55-24-53-8)17-28-11-12-34(45)31(37(28)32)13-16-56(25(2)3,26(4)5)27(6)7/h11-12,17-18,21,25-27,29,35-36H,9-10,14-15,19-20,22-24H2,1-8H3/t29-,35+,36+,43+/m1/s1. The first-order valence-electron chi connectivity index (χ1n) is 19.9. The Bertz CT molecular complexity index is 2160. The van der Waals surface area contributed by atoms with Crippen molar-refractivity contribution in [3.05, 3.63) is 47.7 Å². The summed E-state index contributed by atoms with van der Waals surface area (Å²) in [7, 11) is -0.805. The molecule has 7 rings (SSSR count). The van der Waals surface area contributed by atoms with Gasteiger partial charge < -0.3 is 19.1 Å². The lowest BCUT2D eigenvalue weighted by molar-refractivity contribution is 0.0512. The van der Waals surface area contributed by atoms with Crippen molar-refractivity contribution >= 4 is 35.6 Å². The Kier molecular flexibility index (Phi) is 11.3. The van der Waals surface area contributed by atoms with Crippen LogP contribution in [-0.2, 0) is 4.74 Å². The smallest absolute Gasteiger partial charge is 0.319 e. The fourth-order valence-electron chi connectivity index (χ4n) is 9.69. The van der Waals surface area contributed by atoms with Crippen LogP contribution in [0.5, 0.6) is 11.8 Å². The summed E-state index contributed by atoms with van der Waals surface area (Å²) in [6, 6.07) is 5.87. The highest BCUT2D eigenvalue weighted by molar-refractivity contribution is 6.90. The van der Waals surface area contributed by atoms with E-state index in [2.05, 4.69) is 67.9 Å². The van der Waals surface area contributed by atoms with E-state index in [0.717, 1.165) is 19.4 Å². The molecule has 0 bridgehead atoms. The topological polar surface area (TPSA) is 72.8 Å². The Morgan fingerprint density at radius 3 is 2.43 bits per heavy atom. The van der Waals surface area contributed by atoms with Crippen LogP contribution in [0.15, 0.2) is 30.5 Å². The molecule has 0 unspecified atom stereocenters. The van der Waals surface area contributed by atoms with Crippen molar-refractivity contribution in [3.63, 3.8) is 0 Å². The molecule has 4 atom stereocenters. The second-order valence-electron chi connectivity index (χ2n) is 16.7. The number of alkyl halides is 2. The summed E-state index contributed by atoms with van der Waals surface area (Å²) in [5.74, 6) is 2.67. The van der Waals surface area contributed by atoms with Gasteiger partial charge in [0.25, 0.3) is 0 Å². The number of methoxy groups -OCH3 is 1. The average Bonchev–Trinajstić information content (AvgIpc) is 3.61. The molecule has 3 fully saturated rings. The number of hydrogen-bond acceptors (Lipinski definition) is 8. The van der Waals surface area contributed by atoms with Crippen LogP contribution in [0.1, 0.15) is 79.7 Å². The predicted octanol–water partition coefficient (Wildman–Crippen LogP) is 9.57. The lowest BCUT2D eigenvalue weighted by atomic mass is 9.95. The Balaban J connectivity index is 1.43. The number of benzene rings is 2. The quantitative estimate of drug-likeness (QED) is 0.0574. The van der Waals surface area contributed by atoms with Gasteiger partial charge in [0.15, 0.2) is 12.6 Å². The fraction of sp³-hybridized carbons (Fsp3) is 0.558. The summed E-state index contributed by atoms with van der Waals surface area (Å²) in [5.41, 5.74) is 4.33.